The predicted molar refractivity (Wildman–Crippen MR) is 81.7 cm³/mol. The van der Waals surface area contributed by atoms with E-state index in [0.717, 1.165) is 13.1 Å². The zero-order chi connectivity index (χ0) is 17.2. The Morgan fingerprint density at radius 3 is 2.88 bits per heavy atom. The van der Waals surface area contributed by atoms with E-state index in [4.69, 9.17) is 9.26 Å². The molecule has 0 radical (unpaired) electrons. The van der Waals surface area contributed by atoms with Gasteiger partial charge in [-0.05, 0) is 26.0 Å². The number of para-hydroxylation sites is 1. The highest BCUT2D eigenvalue weighted by Crippen LogP contribution is 2.29. The van der Waals surface area contributed by atoms with Crippen LogP contribution in [0.25, 0.3) is 11.4 Å². The highest BCUT2D eigenvalue weighted by Gasteiger charge is 2.28. The summed E-state index contributed by atoms with van der Waals surface area (Å²) in [6, 6.07) is 6.37. The van der Waals surface area contributed by atoms with E-state index >= 15 is 0 Å². The third-order valence-electron chi connectivity index (χ3n) is 3.68. The molecule has 1 saturated heterocycles. The van der Waals surface area contributed by atoms with Crippen molar-refractivity contribution in [3.8, 4) is 17.1 Å². The second-order valence-electron chi connectivity index (χ2n) is 6.21. The van der Waals surface area contributed by atoms with Crippen LogP contribution in [-0.4, -0.2) is 46.9 Å². The number of hydrogen-bond donors (Lipinski definition) is 0. The fourth-order valence-corrected chi connectivity index (χ4v) is 2.72. The lowest BCUT2D eigenvalue weighted by Crippen LogP contribution is -2.47. The first-order valence-electron chi connectivity index (χ1n) is 7.66. The minimum absolute atomic E-state index is 0.0207. The van der Waals surface area contributed by atoms with Crippen LogP contribution in [0.15, 0.2) is 28.8 Å². The number of nitrogens with zero attached hydrogens (tertiary/aromatic N) is 3. The number of hydrogen-bond acceptors (Lipinski definition) is 6. The molecule has 1 aromatic carbocycles. The lowest BCUT2D eigenvalue weighted by molar-refractivity contribution is -0.0900. The SMILES string of the molecule is CC1(C)CN(Cc2nc(-c3ccccc3OC(F)F)no2)CCO1. The summed E-state index contributed by atoms with van der Waals surface area (Å²) in [5.74, 6) is 0.677. The molecule has 0 N–H and O–H groups in total. The molecule has 24 heavy (non-hydrogen) atoms. The van der Waals surface area contributed by atoms with Crippen LogP contribution in [0.4, 0.5) is 8.78 Å². The number of benzene rings is 1. The monoisotopic (exact) mass is 339 g/mol. The smallest absolute Gasteiger partial charge is 0.387 e. The van der Waals surface area contributed by atoms with Crippen molar-refractivity contribution in [3.05, 3.63) is 30.2 Å². The van der Waals surface area contributed by atoms with Gasteiger partial charge in [-0.3, -0.25) is 4.90 Å². The Kier molecular flexibility index (Phi) is 4.77. The van der Waals surface area contributed by atoms with Crippen molar-refractivity contribution in [2.45, 2.75) is 32.6 Å². The number of halogens is 2. The van der Waals surface area contributed by atoms with Crippen LogP contribution < -0.4 is 4.74 Å². The maximum atomic E-state index is 12.5. The lowest BCUT2D eigenvalue weighted by atomic mass is 10.1. The summed E-state index contributed by atoms with van der Waals surface area (Å²) in [7, 11) is 0. The summed E-state index contributed by atoms with van der Waals surface area (Å²) >= 11 is 0. The number of morpholine rings is 1. The van der Waals surface area contributed by atoms with Gasteiger partial charge in [-0.2, -0.15) is 13.8 Å². The van der Waals surface area contributed by atoms with Crippen LogP contribution >= 0.6 is 0 Å². The van der Waals surface area contributed by atoms with Crippen LogP contribution in [0.2, 0.25) is 0 Å². The second kappa shape index (κ2) is 6.82. The summed E-state index contributed by atoms with van der Waals surface area (Å²) in [5, 5.41) is 3.89. The molecule has 0 bridgehead atoms. The van der Waals surface area contributed by atoms with Crippen LogP contribution in [0.3, 0.4) is 0 Å². The van der Waals surface area contributed by atoms with E-state index in [-0.39, 0.29) is 17.2 Å². The first-order valence-corrected chi connectivity index (χ1v) is 7.66. The molecule has 1 fully saturated rings. The minimum Gasteiger partial charge on any atom is -0.434 e. The van der Waals surface area contributed by atoms with Gasteiger partial charge in [-0.1, -0.05) is 17.3 Å². The Balaban J connectivity index is 1.74. The third-order valence-corrected chi connectivity index (χ3v) is 3.68. The number of rotatable bonds is 5. The van der Waals surface area contributed by atoms with Crippen molar-refractivity contribution in [2.24, 2.45) is 0 Å². The van der Waals surface area contributed by atoms with Gasteiger partial charge in [-0.15, -0.1) is 0 Å². The maximum absolute atomic E-state index is 12.5. The van der Waals surface area contributed by atoms with Crippen molar-refractivity contribution in [2.75, 3.05) is 19.7 Å². The summed E-state index contributed by atoms with van der Waals surface area (Å²) < 4.78 is 40.4. The number of ether oxygens (including phenoxy) is 2. The highest BCUT2D eigenvalue weighted by molar-refractivity contribution is 5.63. The Bertz CT molecular complexity index is 691. The summed E-state index contributed by atoms with van der Waals surface area (Å²) in [5.41, 5.74) is 0.147. The molecule has 1 aromatic heterocycles. The van der Waals surface area contributed by atoms with E-state index in [1.165, 1.54) is 6.07 Å². The molecule has 0 atom stereocenters. The molecule has 0 amide bonds. The molecular weight excluding hydrogens is 320 g/mol. The van der Waals surface area contributed by atoms with E-state index < -0.39 is 6.61 Å². The quantitative estimate of drug-likeness (QED) is 0.835. The average molecular weight is 339 g/mol. The standard InChI is InChI=1S/C16H19F2N3O3/c1-16(2)10-21(7-8-22-16)9-13-19-14(20-24-13)11-5-3-4-6-12(11)23-15(17)18/h3-6,15H,7-10H2,1-2H3. The molecule has 0 aliphatic carbocycles. The van der Waals surface area contributed by atoms with Gasteiger partial charge in [0.15, 0.2) is 0 Å². The molecule has 2 heterocycles. The molecule has 0 spiro atoms. The van der Waals surface area contributed by atoms with Gasteiger partial charge in [0.1, 0.15) is 5.75 Å². The topological polar surface area (TPSA) is 60.6 Å². The van der Waals surface area contributed by atoms with Gasteiger partial charge in [0.25, 0.3) is 0 Å². The lowest BCUT2D eigenvalue weighted by Gasteiger charge is -2.37. The van der Waals surface area contributed by atoms with Crippen molar-refractivity contribution in [1.29, 1.82) is 0 Å². The Morgan fingerprint density at radius 1 is 1.33 bits per heavy atom. The molecule has 8 heteroatoms. The highest BCUT2D eigenvalue weighted by atomic mass is 19.3. The number of aromatic nitrogens is 2. The van der Waals surface area contributed by atoms with E-state index in [1.807, 2.05) is 13.8 Å². The minimum atomic E-state index is -2.91. The molecular formula is C16H19F2N3O3. The van der Waals surface area contributed by atoms with Gasteiger partial charge in [-0.25, -0.2) is 0 Å². The van der Waals surface area contributed by atoms with Gasteiger partial charge < -0.3 is 14.0 Å². The first-order chi connectivity index (χ1) is 11.4. The van der Waals surface area contributed by atoms with Crippen molar-refractivity contribution in [1.82, 2.24) is 15.0 Å². The zero-order valence-corrected chi connectivity index (χ0v) is 13.5. The fourth-order valence-electron chi connectivity index (χ4n) is 2.72. The molecule has 2 aromatic rings. The Labute approximate surface area is 138 Å². The summed E-state index contributed by atoms with van der Waals surface area (Å²) in [6.07, 6.45) is 0. The predicted octanol–water partition coefficient (Wildman–Crippen LogP) is 2.95. The fraction of sp³-hybridized carbons (Fsp3) is 0.500. The molecule has 6 nitrogen and oxygen atoms in total. The van der Waals surface area contributed by atoms with E-state index in [1.54, 1.807) is 18.2 Å². The van der Waals surface area contributed by atoms with Crippen molar-refractivity contribution >= 4 is 0 Å². The Morgan fingerprint density at radius 2 is 2.12 bits per heavy atom. The van der Waals surface area contributed by atoms with Gasteiger partial charge in [0.05, 0.1) is 24.3 Å². The first kappa shape index (κ1) is 16.8. The second-order valence-corrected chi connectivity index (χ2v) is 6.21. The van der Waals surface area contributed by atoms with Crippen LogP contribution in [0, 0.1) is 0 Å². The van der Waals surface area contributed by atoms with Crippen molar-refractivity contribution in [3.63, 3.8) is 0 Å². The third kappa shape index (κ3) is 4.07. The summed E-state index contributed by atoms with van der Waals surface area (Å²) in [6.45, 7) is 3.78. The molecule has 3 rings (SSSR count). The van der Waals surface area contributed by atoms with Gasteiger partial charge in [0, 0.05) is 13.1 Å². The normalized spacial score (nSPS) is 18.0. The molecule has 130 valence electrons. The average Bonchev–Trinajstić information content (AvgIpc) is 2.94. The molecule has 0 unspecified atom stereocenters. The largest absolute Gasteiger partial charge is 0.434 e. The summed E-state index contributed by atoms with van der Waals surface area (Å²) in [4.78, 5) is 6.46. The van der Waals surface area contributed by atoms with E-state index in [2.05, 4.69) is 19.8 Å². The number of alkyl halides is 2. The van der Waals surface area contributed by atoms with Crippen LogP contribution in [0.1, 0.15) is 19.7 Å². The zero-order valence-electron chi connectivity index (χ0n) is 13.5. The van der Waals surface area contributed by atoms with Gasteiger partial charge >= 0.3 is 6.61 Å². The van der Waals surface area contributed by atoms with Crippen molar-refractivity contribution < 1.29 is 22.8 Å². The van der Waals surface area contributed by atoms with Gasteiger partial charge in [0.2, 0.25) is 11.7 Å². The van der Waals surface area contributed by atoms with E-state index in [9.17, 15) is 8.78 Å². The molecule has 0 saturated carbocycles. The molecule has 1 aliphatic rings. The van der Waals surface area contributed by atoms with E-state index in [0.29, 0.717) is 24.6 Å². The van der Waals surface area contributed by atoms with Crippen LogP contribution in [0.5, 0.6) is 5.75 Å². The van der Waals surface area contributed by atoms with Crippen LogP contribution in [-0.2, 0) is 11.3 Å². The molecule has 1 aliphatic heterocycles. The Hall–Kier alpha value is -2.06. The maximum Gasteiger partial charge on any atom is 0.387 e.